The Kier molecular flexibility index (Phi) is 5.12. The summed E-state index contributed by atoms with van der Waals surface area (Å²) in [7, 11) is 1.68. The second kappa shape index (κ2) is 7.04. The average molecular weight is 316 g/mol. The van der Waals surface area contributed by atoms with Gasteiger partial charge in [0, 0.05) is 12.7 Å². The topological polar surface area (TPSA) is 96.5 Å². The number of hydrogen-bond donors (Lipinski definition) is 1. The van der Waals surface area contributed by atoms with Crippen LogP contribution >= 0.6 is 11.8 Å². The van der Waals surface area contributed by atoms with Crippen molar-refractivity contribution in [2.45, 2.75) is 30.5 Å². The van der Waals surface area contributed by atoms with Crippen molar-refractivity contribution in [2.24, 2.45) is 7.05 Å². The predicted molar refractivity (Wildman–Crippen MR) is 83.3 cm³/mol. The van der Waals surface area contributed by atoms with Crippen LogP contribution in [0.4, 0.5) is 5.82 Å². The second-order valence-electron chi connectivity index (χ2n) is 4.64. The SMILES string of the molecule is CCC(Sc1cc(C)ncn1)C(=O)Nc1c(C#N)cnn1C. The van der Waals surface area contributed by atoms with E-state index in [1.165, 1.54) is 29.0 Å². The van der Waals surface area contributed by atoms with Crippen LogP contribution in [-0.2, 0) is 11.8 Å². The molecule has 0 spiro atoms. The summed E-state index contributed by atoms with van der Waals surface area (Å²) in [6.45, 7) is 3.81. The van der Waals surface area contributed by atoms with Gasteiger partial charge in [-0.25, -0.2) is 9.97 Å². The van der Waals surface area contributed by atoms with E-state index in [0.29, 0.717) is 17.8 Å². The van der Waals surface area contributed by atoms with E-state index < -0.39 is 0 Å². The number of nitrogens with one attached hydrogen (secondary N) is 1. The van der Waals surface area contributed by atoms with Gasteiger partial charge < -0.3 is 5.32 Å². The van der Waals surface area contributed by atoms with Gasteiger partial charge >= 0.3 is 0 Å². The van der Waals surface area contributed by atoms with Gasteiger partial charge in [0.2, 0.25) is 5.91 Å². The Morgan fingerprint density at radius 2 is 2.32 bits per heavy atom. The third kappa shape index (κ3) is 3.62. The van der Waals surface area contributed by atoms with Gasteiger partial charge in [-0.1, -0.05) is 18.7 Å². The summed E-state index contributed by atoms with van der Waals surface area (Å²) in [5.41, 5.74) is 1.19. The lowest BCUT2D eigenvalue weighted by Crippen LogP contribution is -2.26. The maximum Gasteiger partial charge on any atom is 0.239 e. The number of carbonyl (C=O) groups is 1. The van der Waals surface area contributed by atoms with Gasteiger partial charge in [-0.15, -0.1) is 0 Å². The summed E-state index contributed by atoms with van der Waals surface area (Å²) in [5.74, 6) is 0.231. The highest BCUT2D eigenvalue weighted by atomic mass is 32.2. The Bertz CT molecular complexity index is 720. The van der Waals surface area contributed by atoms with Crippen molar-refractivity contribution in [1.29, 1.82) is 5.26 Å². The van der Waals surface area contributed by atoms with Crippen LogP contribution in [0.5, 0.6) is 0 Å². The maximum absolute atomic E-state index is 12.4. The van der Waals surface area contributed by atoms with Crippen molar-refractivity contribution in [3.8, 4) is 6.07 Å². The molecule has 1 N–H and O–H groups in total. The number of hydrogen-bond acceptors (Lipinski definition) is 6. The van der Waals surface area contributed by atoms with Crippen LogP contribution < -0.4 is 5.32 Å². The van der Waals surface area contributed by atoms with Crippen molar-refractivity contribution in [2.75, 3.05) is 5.32 Å². The lowest BCUT2D eigenvalue weighted by molar-refractivity contribution is -0.115. The Hall–Kier alpha value is -2.40. The van der Waals surface area contributed by atoms with Crippen molar-refractivity contribution in [3.05, 3.63) is 29.8 Å². The first-order valence-electron chi connectivity index (χ1n) is 6.73. The van der Waals surface area contributed by atoms with E-state index in [1.807, 2.05) is 26.0 Å². The van der Waals surface area contributed by atoms with Gasteiger partial charge in [0.25, 0.3) is 0 Å². The molecule has 0 aliphatic rings. The predicted octanol–water partition coefficient (Wildman–Crippen LogP) is 1.90. The summed E-state index contributed by atoms with van der Waals surface area (Å²) in [5, 5.41) is 16.2. The van der Waals surface area contributed by atoms with Gasteiger partial charge in [0.1, 0.15) is 28.8 Å². The van der Waals surface area contributed by atoms with Crippen LogP contribution in [0.15, 0.2) is 23.6 Å². The Morgan fingerprint density at radius 1 is 1.55 bits per heavy atom. The van der Waals surface area contributed by atoms with Gasteiger partial charge in [-0.3, -0.25) is 9.48 Å². The molecule has 0 saturated carbocycles. The van der Waals surface area contributed by atoms with Crippen LogP contribution in [0.2, 0.25) is 0 Å². The third-order valence-electron chi connectivity index (χ3n) is 3.01. The molecule has 1 amide bonds. The molecule has 7 nitrogen and oxygen atoms in total. The molecule has 1 unspecified atom stereocenters. The van der Waals surface area contributed by atoms with E-state index in [9.17, 15) is 4.79 Å². The molecule has 0 radical (unpaired) electrons. The molecule has 2 aromatic heterocycles. The number of nitrogens with zero attached hydrogens (tertiary/aromatic N) is 5. The van der Waals surface area contributed by atoms with Crippen molar-refractivity contribution in [3.63, 3.8) is 0 Å². The molecule has 22 heavy (non-hydrogen) atoms. The van der Waals surface area contributed by atoms with Gasteiger partial charge in [0.15, 0.2) is 0 Å². The highest BCUT2D eigenvalue weighted by Crippen LogP contribution is 2.25. The standard InChI is InChI=1S/C14H16N6OS/c1-4-11(22-12-5-9(2)16-8-17-12)14(21)19-13-10(6-15)7-18-20(13)3/h5,7-8,11H,4H2,1-3H3,(H,19,21). The zero-order chi connectivity index (χ0) is 16.1. The van der Waals surface area contributed by atoms with Crippen LogP contribution in [0.1, 0.15) is 24.6 Å². The number of amides is 1. The molecule has 0 aliphatic heterocycles. The molecule has 0 bridgehead atoms. The number of thioether (sulfide) groups is 1. The minimum Gasteiger partial charge on any atom is -0.309 e. The van der Waals surface area contributed by atoms with Crippen molar-refractivity contribution in [1.82, 2.24) is 19.7 Å². The van der Waals surface area contributed by atoms with E-state index in [2.05, 4.69) is 20.4 Å². The molecule has 0 saturated heterocycles. The van der Waals surface area contributed by atoms with Gasteiger partial charge in [0.05, 0.1) is 11.4 Å². The quantitative estimate of drug-likeness (QED) is 0.668. The number of aryl methyl sites for hydroxylation is 2. The van der Waals surface area contributed by atoms with Crippen molar-refractivity contribution >= 4 is 23.5 Å². The molecule has 2 heterocycles. The Morgan fingerprint density at radius 3 is 2.95 bits per heavy atom. The second-order valence-corrected chi connectivity index (χ2v) is 5.87. The minimum absolute atomic E-state index is 0.177. The number of aromatic nitrogens is 4. The fourth-order valence-corrected chi connectivity index (χ4v) is 2.80. The van der Waals surface area contributed by atoms with E-state index in [-0.39, 0.29) is 11.2 Å². The normalized spacial score (nSPS) is 11.7. The lowest BCUT2D eigenvalue weighted by atomic mass is 10.3. The first kappa shape index (κ1) is 16.0. The minimum atomic E-state index is -0.309. The lowest BCUT2D eigenvalue weighted by Gasteiger charge is -2.14. The third-order valence-corrected chi connectivity index (χ3v) is 4.30. The Balaban J connectivity index is 2.12. The molecule has 2 aromatic rings. The molecule has 2 rings (SSSR count). The summed E-state index contributed by atoms with van der Waals surface area (Å²) in [6.07, 6.45) is 3.55. The maximum atomic E-state index is 12.4. The molecule has 114 valence electrons. The fraction of sp³-hybridized carbons (Fsp3) is 0.357. The monoisotopic (exact) mass is 316 g/mol. The zero-order valence-corrected chi connectivity index (χ0v) is 13.4. The zero-order valence-electron chi connectivity index (χ0n) is 12.6. The average Bonchev–Trinajstić information content (AvgIpc) is 2.85. The summed E-state index contributed by atoms with van der Waals surface area (Å²) < 4.78 is 1.47. The van der Waals surface area contributed by atoms with E-state index in [4.69, 9.17) is 5.26 Å². The molecule has 8 heteroatoms. The molecular formula is C14H16N6OS. The Labute approximate surface area is 132 Å². The molecule has 0 fully saturated rings. The van der Waals surface area contributed by atoms with Crippen LogP contribution in [0.25, 0.3) is 0 Å². The van der Waals surface area contributed by atoms with Crippen LogP contribution in [0, 0.1) is 18.3 Å². The number of anilines is 1. The first-order valence-corrected chi connectivity index (χ1v) is 7.61. The van der Waals surface area contributed by atoms with E-state index in [1.54, 1.807) is 7.05 Å². The van der Waals surface area contributed by atoms with Crippen molar-refractivity contribution < 1.29 is 4.79 Å². The molecule has 1 atom stereocenters. The molecular weight excluding hydrogens is 300 g/mol. The summed E-state index contributed by atoms with van der Waals surface area (Å²) >= 11 is 1.38. The highest BCUT2D eigenvalue weighted by molar-refractivity contribution is 8.00. The largest absolute Gasteiger partial charge is 0.309 e. The molecule has 0 aliphatic carbocycles. The van der Waals surface area contributed by atoms with Gasteiger partial charge in [-0.2, -0.15) is 10.4 Å². The number of nitriles is 1. The van der Waals surface area contributed by atoms with E-state index >= 15 is 0 Å². The fourth-order valence-electron chi connectivity index (χ4n) is 1.83. The first-order chi connectivity index (χ1) is 10.5. The smallest absolute Gasteiger partial charge is 0.239 e. The molecule has 0 aromatic carbocycles. The number of rotatable bonds is 5. The number of carbonyl (C=O) groups excluding carboxylic acids is 1. The highest BCUT2D eigenvalue weighted by Gasteiger charge is 2.21. The van der Waals surface area contributed by atoms with E-state index in [0.717, 1.165) is 10.7 Å². The summed E-state index contributed by atoms with van der Waals surface area (Å²) in [6, 6.07) is 3.85. The van der Waals surface area contributed by atoms with Crippen LogP contribution in [-0.4, -0.2) is 30.9 Å². The van der Waals surface area contributed by atoms with Gasteiger partial charge in [-0.05, 0) is 19.4 Å². The van der Waals surface area contributed by atoms with Crippen LogP contribution in [0.3, 0.4) is 0 Å². The summed E-state index contributed by atoms with van der Waals surface area (Å²) in [4.78, 5) is 20.6.